The smallest absolute Gasteiger partial charge is 0.0154 e. The number of thioether (sulfide) groups is 1. The van der Waals surface area contributed by atoms with E-state index in [1.807, 2.05) is 11.8 Å². The fourth-order valence-corrected chi connectivity index (χ4v) is 3.07. The summed E-state index contributed by atoms with van der Waals surface area (Å²) in [5.41, 5.74) is 1.27. The number of rotatable bonds is 4. The molecule has 2 rings (SSSR count). The summed E-state index contributed by atoms with van der Waals surface area (Å²) in [6, 6.07) is 8.66. The molecule has 0 amide bonds. The van der Waals surface area contributed by atoms with Crippen LogP contribution in [0.25, 0.3) is 0 Å². The lowest BCUT2D eigenvalue weighted by Gasteiger charge is -2.19. The Labute approximate surface area is 120 Å². The van der Waals surface area contributed by atoms with Crippen LogP contribution in [0.15, 0.2) is 52.3 Å². The molecule has 0 N–H and O–H groups in total. The van der Waals surface area contributed by atoms with Crippen molar-refractivity contribution in [3.05, 3.63) is 53.0 Å². The van der Waals surface area contributed by atoms with Crippen molar-refractivity contribution in [3.63, 3.8) is 0 Å². The first kappa shape index (κ1) is 13.8. The van der Waals surface area contributed by atoms with Crippen LogP contribution in [0.2, 0.25) is 0 Å². The third-order valence-electron chi connectivity index (χ3n) is 3.30. The highest BCUT2D eigenvalue weighted by Gasteiger charge is 2.12. The largest absolute Gasteiger partial charge is 0.175 e. The van der Waals surface area contributed by atoms with Gasteiger partial charge in [-0.15, -0.1) is 0 Å². The average molecular weight is 276 g/mol. The first-order chi connectivity index (χ1) is 8.69. The molecule has 1 aliphatic rings. The number of hydrogen-bond acceptors (Lipinski definition) is 2. The Balaban J connectivity index is 1.96. The Morgan fingerprint density at radius 1 is 1.28 bits per heavy atom. The van der Waals surface area contributed by atoms with E-state index in [0.717, 1.165) is 11.7 Å². The summed E-state index contributed by atoms with van der Waals surface area (Å²) < 4.78 is 0. The van der Waals surface area contributed by atoms with Crippen molar-refractivity contribution in [1.29, 1.82) is 0 Å². The van der Waals surface area contributed by atoms with Gasteiger partial charge in [-0.25, -0.2) is 0 Å². The molecule has 0 nitrogen and oxygen atoms in total. The van der Waals surface area contributed by atoms with Crippen molar-refractivity contribution in [2.45, 2.75) is 30.9 Å². The third kappa shape index (κ3) is 3.69. The molecule has 0 bridgehead atoms. The summed E-state index contributed by atoms with van der Waals surface area (Å²) in [7, 11) is 0. The minimum atomic E-state index is 0.709. The van der Waals surface area contributed by atoms with Gasteiger partial charge in [0.1, 0.15) is 0 Å². The normalized spacial score (nSPS) is 19.1. The standard InChI is InChI=1S/C16H20S2/c1-12(2)14-5-9-16(10-6-14)18-15-7-3-13(11-17)4-8-15/h3-5,7-10,12,14,17H,6,11H2,1-2H3. The lowest BCUT2D eigenvalue weighted by Crippen LogP contribution is -2.06. The number of thiol groups is 1. The molecule has 0 radical (unpaired) electrons. The zero-order valence-electron chi connectivity index (χ0n) is 11.0. The van der Waals surface area contributed by atoms with Gasteiger partial charge in [0.25, 0.3) is 0 Å². The Bertz CT molecular complexity index is 441. The molecule has 0 fully saturated rings. The van der Waals surface area contributed by atoms with Gasteiger partial charge in [-0.3, -0.25) is 0 Å². The van der Waals surface area contributed by atoms with Crippen molar-refractivity contribution >= 4 is 24.4 Å². The molecule has 1 aromatic carbocycles. The molecular weight excluding hydrogens is 256 g/mol. The second-order valence-corrected chi connectivity index (χ2v) is 6.48. The maximum Gasteiger partial charge on any atom is 0.0154 e. The van der Waals surface area contributed by atoms with Gasteiger partial charge in [-0.1, -0.05) is 56.0 Å². The van der Waals surface area contributed by atoms with Gasteiger partial charge in [0.2, 0.25) is 0 Å². The van der Waals surface area contributed by atoms with Gasteiger partial charge >= 0.3 is 0 Å². The molecule has 96 valence electrons. The summed E-state index contributed by atoms with van der Waals surface area (Å²) in [6.45, 7) is 4.58. The summed E-state index contributed by atoms with van der Waals surface area (Å²) >= 11 is 6.12. The molecule has 1 unspecified atom stereocenters. The maximum absolute atomic E-state index is 4.27. The lowest BCUT2D eigenvalue weighted by molar-refractivity contribution is 0.467. The number of benzene rings is 1. The molecule has 0 heterocycles. The van der Waals surface area contributed by atoms with Gasteiger partial charge in [-0.05, 0) is 36.0 Å². The Morgan fingerprint density at radius 3 is 2.50 bits per heavy atom. The molecular formula is C16H20S2. The highest BCUT2D eigenvalue weighted by molar-refractivity contribution is 8.03. The van der Waals surface area contributed by atoms with Crippen molar-refractivity contribution in [2.24, 2.45) is 11.8 Å². The second-order valence-electron chi connectivity index (χ2n) is 5.01. The van der Waals surface area contributed by atoms with Gasteiger partial charge in [0.15, 0.2) is 0 Å². The summed E-state index contributed by atoms with van der Waals surface area (Å²) in [5, 5.41) is 0. The van der Waals surface area contributed by atoms with E-state index in [1.54, 1.807) is 0 Å². The van der Waals surface area contributed by atoms with Crippen LogP contribution in [0.1, 0.15) is 25.8 Å². The number of allylic oxidation sites excluding steroid dienone is 3. The predicted molar refractivity (Wildman–Crippen MR) is 85.2 cm³/mol. The fraction of sp³-hybridized carbons (Fsp3) is 0.375. The van der Waals surface area contributed by atoms with Crippen molar-refractivity contribution in [1.82, 2.24) is 0 Å². The molecule has 0 saturated carbocycles. The Kier molecular flexibility index (Phi) is 5.02. The van der Waals surface area contributed by atoms with Crippen LogP contribution in [0, 0.1) is 11.8 Å². The van der Waals surface area contributed by atoms with E-state index in [2.05, 4.69) is 69.0 Å². The topological polar surface area (TPSA) is 0 Å². The fourth-order valence-electron chi connectivity index (χ4n) is 1.99. The molecule has 0 spiro atoms. The number of hydrogen-bond donors (Lipinski definition) is 1. The van der Waals surface area contributed by atoms with Crippen LogP contribution in [0.5, 0.6) is 0 Å². The zero-order chi connectivity index (χ0) is 13.0. The molecule has 1 aliphatic carbocycles. The summed E-state index contributed by atoms with van der Waals surface area (Å²) in [6.07, 6.45) is 8.16. The average Bonchev–Trinajstić information content (AvgIpc) is 2.40. The summed E-state index contributed by atoms with van der Waals surface area (Å²) in [4.78, 5) is 2.67. The predicted octanol–water partition coefficient (Wildman–Crippen LogP) is 5.32. The highest BCUT2D eigenvalue weighted by Crippen LogP contribution is 2.33. The minimum absolute atomic E-state index is 0.709. The third-order valence-corrected chi connectivity index (χ3v) is 4.71. The lowest BCUT2D eigenvalue weighted by atomic mass is 9.90. The molecule has 1 atom stereocenters. The van der Waals surface area contributed by atoms with Gasteiger partial charge < -0.3 is 0 Å². The highest BCUT2D eigenvalue weighted by atomic mass is 32.2. The Hall–Kier alpha value is -0.600. The van der Waals surface area contributed by atoms with E-state index in [1.165, 1.54) is 21.8 Å². The molecule has 1 aromatic rings. The van der Waals surface area contributed by atoms with Crippen LogP contribution in [0.3, 0.4) is 0 Å². The molecule has 0 aliphatic heterocycles. The Morgan fingerprint density at radius 2 is 2.00 bits per heavy atom. The van der Waals surface area contributed by atoms with E-state index in [4.69, 9.17) is 0 Å². The van der Waals surface area contributed by atoms with Crippen LogP contribution >= 0.6 is 24.4 Å². The van der Waals surface area contributed by atoms with Crippen molar-refractivity contribution in [2.75, 3.05) is 0 Å². The molecule has 18 heavy (non-hydrogen) atoms. The van der Waals surface area contributed by atoms with Gasteiger partial charge in [0.05, 0.1) is 0 Å². The van der Waals surface area contributed by atoms with Gasteiger partial charge in [0, 0.05) is 15.6 Å². The van der Waals surface area contributed by atoms with Crippen LogP contribution in [0.4, 0.5) is 0 Å². The second kappa shape index (κ2) is 6.53. The van der Waals surface area contributed by atoms with E-state index in [-0.39, 0.29) is 0 Å². The maximum atomic E-state index is 4.27. The van der Waals surface area contributed by atoms with Crippen LogP contribution < -0.4 is 0 Å². The quantitative estimate of drug-likeness (QED) is 0.726. The molecule has 0 aromatic heterocycles. The summed E-state index contributed by atoms with van der Waals surface area (Å²) in [5.74, 6) is 2.25. The first-order valence-corrected chi connectivity index (χ1v) is 7.90. The monoisotopic (exact) mass is 276 g/mol. The van der Waals surface area contributed by atoms with E-state index in [9.17, 15) is 0 Å². The van der Waals surface area contributed by atoms with Crippen LogP contribution in [-0.4, -0.2) is 0 Å². The molecule has 2 heteroatoms. The van der Waals surface area contributed by atoms with Crippen LogP contribution in [-0.2, 0) is 5.75 Å². The van der Waals surface area contributed by atoms with E-state index >= 15 is 0 Å². The SMILES string of the molecule is CC(C)C1C=CC(Sc2ccc(CS)cc2)=CC1. The zero-order valence-corrected chi connectivity index (χ0v) is 12.7. The van der Waals surface area contributed by atoms with Gasteiger partial charge in [-0.2, -0.15) is 12.6 Å². The van der Waals surface area contributed by atoms with Crippen molar-refractivity contribution in [3.8, 4) is 0 Å². The van der Waals surface area contributed by atoms with E-state index in [0.29, 0.717) is 5.92 Å². The first-order valence-electron chi connectivity index (χ1n) is 6.45. The minimum Gasteiger partial charge on any atom is -0.175 e. The van der Waals surface area contributed by atoms with Crippen molar-refractivity contribution < 1.29 is 0 Å². The van der Waals surface area contributed by atoms with E-state index < -0.39 is 0 Å². The molecule has 0 saturated heterocycles.